The summed E-state index contributed by atoms with van der Waals surface area (Å²) in [5, 5.41) is 10.4. The number of aryl methyl sites for hydroxylation is 2. The van der Waals surface area contributed by atoms with E-state index in [0.29, 0.717) is 27.9 Å². The predicted molar refractivity (Wildman–Crippen MR) is 173 cm³/mol. The van der Waals surface area contributed by atoms with E-state index in [9.17, 15) is 33.5 Å². The zero-order valence-corrected chi connectivity index (χ0v) is 27.0. The van der Waals surface area contributed by atoms with Crippen molar-refractivity contribution >= 4 is 52.4 Å². The molecule has 7 rings (SSSR count). The van der Waals surface area contributed by atoms with Gasteiger partial charge in [-0.3, -0.25) is 28.9 Å². The van der Waals surface area contributed by atoms with Gasteiger partial charge in [0.05, 0.1) is 39.6 Å². The maximum absolute atomic E-state index is 14.6. The lowest BCUT2D eigenvalue weighted by Gasteiger charge is -2.49. The molecule has 0 radical (unpaired) electrons. The lowest BCUT2D eigenvalue weighted by atomic mass is 9.51. The van der Waals surface area contributed by atoms with Gasteiger partial charge >= 0.3 is 0 Å². The summed E-state index contributed by atoms with van der Waals surface area (Å²) in [6.45, 7) is 6.73. The largest absolute Gasteiger partial charge is 0.507 e. The summed E-state index contributed by atoms with van der Waals surface area (Å²) in [4.78, 5) is 71.1. The molecular weight excluding hydrogens is 623 g/mol. The number of hydrogen-bond acceptors (Lipinski definition) is 6. The van der Waals surface area contributed by atoms with Crippen molar-refractivity contribution < 1.29 is 33.5 Å². The van der Waals surface area contributed by atoms with E-state index in [1.54, 1.807) is 45.0 Å². The van der Waals surface area contributed by atoms with Crippen LogP contribution in [0.25, 0.3) is 0 Å². The van der Waals surface area contributed by atoms with Gasteiger partial charge in [-0.25, -0.2) is 9.29 Å². The summed E-state index contributed by atoms with van der Waals surface area (Å²) in [6.07, 6.45) is 2.39. The Bertz CT molecular complexity index is 1950. The van der Waals surface area contributed by atoms with E-state index in [1.807, 2.05) is 18.2 Å². The van der Waals surface area contributed by atoms with E-state index < -0.39 is 52.6 Å². The van der Waals surface area contributed by atoms with Crippen LogP contribution in [0.4, 0.5) is 15.8 Å². The standard InChI is InChI=1S/C37H32ClFN2O6/c1-17-13-21(14-18(2)32(17)43)31-24-10-11-25-30(35(46)40(33(25)44)22-7-5-20(6-8-22)19(3)42)26(24)16-27-34(45)41(36(47)37(27,31)4)23-9-12-29(39)28(38)15-23/h5-10,12-15,25-27,30-31,43H,11,16H2,1-4H3. The number of ketones is 1. The normalized spacial score (nSPS) is 28.3. The van der Waals surface area contributed by atoms with E-state index in [0.717, 1.165) is 16.5 Å². The van der Waals surface area contributed by atoms with Gasteiger partial charge in [0.25, 0.3) is 0 Å². The number of anilines is 2. The van der Waals surface area contributed by atoms with Crippen LogP contribution >= 0.6 is 11.6 Å². The molecule has 2 aliphatic carbocycles. The van der Waals surface area contributed by atoms with Crippen molar-refractivity contribution in [1.29, 1.82) is 0 Å². The second kappa shape index (κ2) is 10.7. The molecule has 4 amide bonds. The lowest BCUT2D eigenvalue weighted by Crippen LogP contribution is -2.49. The highest BCUT2D eigenvalue weighted by atomic mass is 35.5. The van der Waals surface area contributed by atoms with Crippen LogP contribution in [0.5, 0.6) is 5.75 Å². The van der Waals surface area contributed by atoms with Gasteiger partial charge in [0.2, 0.25) is 23.6 Å². The van der Waals surface area contributed by atoms with E-state index in [4.69, 9.17) is 11.6 Å². The average molecular weight is 655 g/mol. The quantitative estimate of drug-likeness (QED) is 0.197. The van der Waals surface area contributed by atoms with Crippen LogP contribution in [0, 0.1) is 48.8 Å². The maximum Gasteiger partial charge on any atom is 0.241 e. The van der Waals surface area contributed by atoms with Crippen LogP contribution in [0.2, 0.25) is 5.02 Å². The molecule has 3 aromatic rings. The van der Waals surface area contributed by atoms with Crippen molar-refractivity contribution in [2.75, 3.05) is 9.80 Å². The van der Waals surface area contributed by atoms with Crippen LogP contribution in [0.3, 0.4) is 0 Å². The maximum atomic E-state index is 14.6. The number of amides is 4. The molecule has 1 N–H and O–H groups in total. The molecule has 6 unspecified atom stereocenters. The van der Waals surface area contributed by atoms with Gasteiger partial charge < -0.3 is 5.11 Å². The zero-order chi connectivity index (χ0) is 33.7. The highest BCUT2D eigenvalue weighted by Crippen LogP contribution is 2.64. The van der Waals surface area contributed by atoms with E-state index in [1.165, 1.54) is 24.0 Å². The average Bonchev–Trinajstić information content (AvgIpc) is 3.40. The summed E-state index contributed by atoms with van der Waals surface area (Å²) in [5.74, 6) is -5.85. The second-order valence-corrected chi connectivity index (χ2v) is 13.8. The number of carbonyl (C=O) groups excluding carboxylic acids is 5. The first-order chi connectivity index (χ1) is 22.2. The third kappa shape index (κ3) is 4.35. The predicted octanol–water partition coefficient (Wildman–Crippen LogP) is 6.44. The highest BCUT2D eigenvalue weighted by Gasteiger charge is 2.67. The number of carbonyl (C=O) groups is 5. The Kier molecular flexibility index (Phi) is 7.06. The van der Waals surface area contributed by atoms with Crippen molar-refractivity contribution in [1.82, 2.24) is 0 Å². The Hall–Kier alpha value is -4.63. The van der Waals surface area contributed by atoms with Gasteiger partial charge in [0.1, 0.15) is 11.6 Å². The number of halogens is 2. The Labute approximate surface area is 275 Å². The molecule has 3 fully saturated rings. The van der Waals surface area contributed by atoms with Crippen molar-refractivity contribution in [3.05, 3.63) is 99.3 Å². The molecule has 8 nitrogen and oxygen atoms in total. The number of fused-ring (bicyclic) bond motifs is 4. The summed E-state index contributed by atoms with van der Waals surface area (Å²) in [7, 11) is 0. The first kappa shape index (κ1) is 31.0. The SMILES string of the molecule is CC(=O)c1ccc(N2C(=O)C3CC=C4C(CC5C(=O)N(c6ccc(F)c(Cl)c6)C(=O)C5(C)C4c4cc(C)c(O)c(C)c4)C3C2=O)cc1. The van der Waals surface area contributed by atoms with Gasteiger partial charge in [-0.05, 0) is 106 Å². The minimum Gasteiger partial charge on any atom is -0.507 e. The molecule has 0 spiro atoms. The number of phenols is 1. The van der Waals surface area contributed by atoms with E-state index >= 15 is 0 Å². The number of imide groups is 2. The number of rotatable bonds is 4. The summed E-state index contributed by atoms with van der Waals surface area (Å²) >= 11 is 6.08. The number of phenolic OH excluding ortho intramolecular Hbond substituents is 1. The molecule has 0 aromatic heterocycles. The van der Waals surface area contributed by atoms with Gasteiger partial charge in [0, 0.05) is 11.5 Å². The molecule has 2 heterocycles. The number of allylic oxidation sites excluding steroid dienone is 2. The molecule has 0 bridgehead atoms. The van der Waals surface area contributed by atoms with Gasteiger partial charge in [-0.15, -0.1) is 0 Å². The lowest BCUT2D eigenvalue weighted by molar-refractivity contribution is -0.131. The molecule has 240 valence electrons. The number of Topliss-reactive ketones (excluding diaryl/α,β-unsaturated/α-hetero) is 1. The number of hydrogen-bond donors (Lipinski definition) is 1. The molecule has 4 aliphatic rings. The molecule has 3 aromatic carbocycles. The molecule has 6 atom stereocenters. The topological polar surface area (TPSA) is 112 Å². The Balaban J connectivity index is 1.36. The minimum atomic E-state index is -1.29. The Morgan fingerprint density at radius 1 is 0.894 bits per heavy atom. The number of nitrogens with zero attached hydrogens (tertiary/aromatic N) is 2. The van der Waals surface area contributed by atoms with Crippen molar-refractivity contribution in [2.45, 2.75) is 46.5 Å². The summed E-state index contributed by atoms with van der Waals surface area (Å²) in [6, 6.07) is 13.7. The van der Waals surface area contributed by atoms with Crippen molar-refractivity contribution in [3.8, 4) is 5.75 Å². The number of benzene rings is 3. The molecule has 2 saturated heterocycles. The van der Waals surface area contributed by atoms with Crippen LogP contribution in [0.15, 0.2) is 66.2 Å². The van der Waals surface area contributed by atoms with Crippen LogP contribution in [-0.4, -0.2) is 34.5 Å². The molecule has 2 aliphatic heterocycles. The van der Waals surface area contributed by atoms with E-state index in [-0.39, 0.29) is 46.9 Å². The monoisotopic (exact) mass is 654 g/mol. The van der Waals surface area contributed by atoms with E-state index in [2.05, 4.69) is 0 Å². The van der Waals surface area contributed by atoms with Crippen molar-refractivity contribution in [3.63, 3.8) is 0 Å². The number of aromatic hydroxyl groups is 1. The first-order valence-electron chi connectivity index (χ1n) is 15.6. The second-order valence-electron chi connectivity index (χ2n) is 13.4. The van der Waals surface area contributed by atoms with Gasteiger partial charge in [-0.2, -0.15) is 0 Å². The molecule has 10 heteroatoms. The molecular formula is C37H32ClFN2O6. The highest BCUT2D eigenvalue weighted by molar-refractivity contribution is 6.32. The Morgan fingerprint density at radius 2 is 1.53 bits per heavy atom. The smallest absolute Gasteiger partial charge is 0.241 e. The van der Waals surface area contributed by atoms with Gasteiger partial charge in [-0.1, -0.05) is 35.4 Å². The van der Waals surface area contributed by atoms with Gasteiger partial charge in [0.15, 0.2) is 5.78 Å². The fourth-order valence-corrected chi connectivity index (χ4v) is 8.70. The van der Waals surface area contributed by atoms with Crippen molar-refractivity contribution in [2.24, 2.45) is 29.1 Å². The van der Waals surface area contributed by atoms with Crippen LogP contribution in [-0.2, 0) is 19.2 Å². The first-order valence-corrected chi connectivity index (χ1v) is 16.0. The third-order valence-electron chi connectivity index (χ3n) is 10.8. The molecule has 47 heavy (non-hydrogen) atoms. The third-order valence-corrected chi connectivity index (χ3v) is 11.1. The molecule has 1 saturated carbocycles. The van der Waals surface area contributed by atoms with Crippen LogP contribution < -0.4 is 9.80 Å². The zero-order valence-electron chi connectivity index (χ0n) is 26.2. The fourth-order valence-electron chi connectivity index (χ4n) is 8.52. The summed E-state index contributed by atoms with van der Waals surface area (Å²) < 4.78 is 14.1. The minimum absolute atomic E-state index is 0.125. The Morgan fingerprint density at radius 3 is 2.15 bits per heavy atom. The summed E-state index contributed by atoms with van der Waals surface area (Å²) in [5.41, 5.74) is 2.41. The fraction of sp³-hybridized carbons (Fsp3) is 0.324. The van der Waals surface area contributed by atoms with Crippen LogP contribution in [0.1, 0.15) is 59.7 Å².